The molecule has 0 aliphatic rings. The van der Waals surface area contributed by atoms with Gasteiger partial charge in [-0.15, -0.1) is 0 Å². The topological polar surface area (TPSA) is 9.23 Å². The summed E-state index contributed by atoms with van der Waals surface area (Å²) in [6.45, 7) is 0. The summed E-state index contributed by atoms with van der Waals surface area (Å²) in [6, 6.07) is 3.65. The van der Waals surface area contributed by atoms with E-state index in [0.29, 0.717) is 0 Å². The molecule has 0 radical (unpaired) electrons. The molecule has 0 heterocycles. The van der Waals surface area contributed by atoms with E-state index in [2.05, 4.69) is 4.74 Å². The fraction of sp³-hybridized carbons (Fsp3) is 0.250. The lowest BCUT2D eigenvalue weighted by Gasteiger charge is -2.05. The summed E-state index contributed by atoms with van der Waals surface area (Å²) < 4.78 is 41.5. The lowest BCUT2D eigenvalue weighted by Crippen LogP contribution is -1.94. The Morgan fingerprint density at radius 3 is 2.50 bits per heavy atom. The van der Waals surface area contributed by atoms with Gasteiger partial charge in [-0.1, -0.05) is 12.1 Å². The van der Waals surface area contributed by atoms with E-state index in [9.17, 15) is 13.2 Å². The van der Waals surface area contributed by atoms with Crippen LogP contribution in [-0.2, 0) is 0 Å². The van der Waals surface area contributed by atoms with Crippen molar-refractivity contribution in [3.8, 4) is 5.75 Å². The van der Waals surface area contributed by atoms with Gasteiger partial charge in [0.1, 0.15) is 0 Å². The maximum absolute atomic E-state index is 12.9. The van der Waals surface area contributed by atoms with Gasteiger partial charge < -0.3 is 4.74 Å². The van der Waals surface area contributed by atoms with Crippen molar-refractivity contribution in [1.82, 2.24) is 0 Å². The van der Waals surface area contributed by atoms with Crippen LogP contribution in [-0.4, -0.2) is 7.11 Å². The predicted molar refractivity (Wildman–Crippen MR) is 37.9 cm³/mol. The second-order valence-corrected chi connectivity index (χ2v) is 2.16. The maximum Gasteiger partial charge on any atom is 0.266 e. The SMILES string of the molecule is COc1cccc(C(F)F)c1F. The van der Waals surface area contributed by atoms with Crippen molar-refractivity contribution in [2.45, 2.75) is 6.43 Å². The molecule has 0 spiro atoms. The number of rotatable bonds is 2. The van der Waals surface area contributed by atoms with Crippen LogP contribution in [0.3, 0.4) is 0 Å². The molecular formula is C8H7F3O. The summed E-state index contributed by atoms with van der Waals surface area (Å²) in [4.78, 5) is 0. The zero-order chi connectivity index (χ0) is 9.14. The number of ether oxygens (including phenoxy) is 1. The van der Waals surface area contributed by atoms with E-state index in [1.165, 1.54) is 19.2 Å². The largest absolute Gasteiger partial charge is 0.494 e. The van der Waals surface area contributed by atoms with Crippen molar-refractivity contribution < 1.29 is 17.9 Å². The molecule has 0 bridgehead atoms. The number of halogens is 3. The third kappa shape index (κ3) is 1.52. The molecule has 0 amide bonds. The molecule has 66 valence electrons. The van der Waals surface area contributed by atoms with Crippen molar-refractivity contribution in [2.75, 3.05) is 7.11 Å². The third-order valence-corrected chi connectivity index (χ3v) is 1.45. The smallest absolute Gasteiger partial charge is 0.266 e. The molecule has 1 nitrogen and oxygen atoms in total. The second kappa shape index (κ2) is 3.47. The molecule has 1 aromatic rings. The van der Waals surface area contributed by atoms with E-state index < -0.39 is 17.8 Å². The van der Waals surface area contributed by atoms with Gasteiger partial charge in [0, 0.05) is 0 Å². The Kier molecular flexibility index (Phi) is 2.58. The first-order valence-electron chi connectivity index (χ1n) is 3.27. The molecule has 0 aromatic heterocycles. The van der Waals surface area contributed by atoms with Gasteiger partial charge in [-0.05, 0) is 6.07 Å². The van der Waals surface area contributed by atoms with Crippen LogP contribution in [0.4, 0.5) is 13.2 Å². The first-order chi connectivity index (χ1) is 5.66. The molecule has 0 saturated heterocycles. The lowest BCUT2D eigenvalue weighted by atomic mass is 10.2. The van der Waals surface area contributed by atoms with E-state index >= 15 is 0 Å². The van der Waals surface area contributed by atoms with Crippen LogP contribution < -0.4 is 4.74 Å². The highest BCUT2D eigenvalue weighted by atomic mass is 19.3. The number of alkyl halides is 2. The fourth-order valence-electron chi connectivity index (χ4n) is 0.854. The summed E-state index contributed by atoms with van der Waals surface area (Å²) in [5, 5.41) is 0. The molecular weight excluding hydrogens is 169 g/mol. The summed E-state index contributed by atoms with van der Waals surface area (Å²) >= 11 is 0. The number of methoxy groups -OCH3 is 1. The van der Waals surface area contributed by atoms with Gasteiger partial charge in [0.05, 0.1) is 12.7 Å². The fourth-order valence-corrected chi connectivity index (χ4v) is 0.854. The second-order valence-electron chi connectivity index (χ2n) is 2.16. The molecule has 0 fully saturated rings. The van der Waals surface area contributed by atoms with E-state index in [1.54, 1.807) is 0 Å². The summed E-state index contributed by atoms with van der Waals surface area (Å²) in [5.41, 5.74) is -0.630. The Hall–Kier alpha value is -1.19. The van der Waals surface area contributed by atoms with E-state index in [-0.39, 0.29) is 5.75 Å². The van der Waals surface area contributed by atoms with Gasteiger partial charge in [-0.25, -0.2) is 13.2 Å². The van der Waals surface area contributed by atoms with E-state index in [0.717, 1.165) is 6.07 Å². The van der Waals surface area contributed by atoms with Gasteiger partial charge in [0.25, 0.3) is 6.43 Å². The molecule has 4 heteroatoms. The Bertz CT molecular complexity index is 273. The van der Waals surface area contributed by atoms with E-state index in [4.69, 9.17) is 0 Å². The normalized spacial score (nSPS) is 10.4. The molecule has 1 rings (SSSR count). The van der Waals surface area contributed by atoms with Gasteiger partial charge in [0.15, 0.2) is 11.6 Å². The molecule has 0 saturated carbocycles. The molecule has 0 unspecified atom stereocenters. The first kappa shape index (κ1) is 8.90. The summed E-state index contributed by atoms with van der Waals surface area (Å²) in [7, 11) is 1.23. The van der Waals surface area contributed by atoms with Crippen LogP contribution in [0.2, 0.25) is 0 Å². The van der Waals surface area contributed by atoms with Crippen LogP contribution in [0.5, 0.6) is 5.75 Å². The van der Waals surface area contributed by atoms with Crippen LogP contribution >= 0.6 is 0 Å². The van der Waals surface area contributed by atoms with Gasteiger partial charge >= 0.3 is 0 Å². The highest BCUT2D eigenvalue weighted by molar-refractivity contribution is 5.31. The number of hydrogen-bond donors (Lipinski definition) is 0. The zero-order valence-electron chi connectivity index (χ0n) is 6.35. The van der Waals surface area contributed by atoms with Crippen LogP contribution in [0, 0.1) is 5.82 Å². The Morgan fingerprint density at radius 1 is 1.33 bits per heavy atom. The Labute approximate surface area is 67.8 Å². The maximum atomic E-state index is 12.9. The Morgan fingerprint density at radius 2 is 2.00 bits per heavy atom. The van der Waals surface area contributed by atoms with Crippen molar-refractivity contribution >= 4 is 0 Å². The van der Waals surface area contributed by atoms with E-state index in [1.807, 2.05) is 0 Å². The molecule has 1 aromatic carbocycles. The highest BCUT2D eigenvalue weighted by Crippen LogP contribution is 2.27. The molecule has 0 aliphatic carbocycles. The molecule has 0 N–H and O–H groups in total. The predicted octanol–water partition coefficient (Wildman–Crippen LogP) is 2.77. The van der Waals surface area contributed by atoms with Crippen LogP contribution in [0.15, 0.2) is 18.2 Å². The first-order valence-corrected chi connectivity index (χ1v) is 3.27. The minimum absolute atomic E-state index is 0.159. The van der Waals surface area contributed by atoms with Crippen molar-refractivity contribution in [1.29, 1.82) is 0 Å². The molecule has 0 atom stereocenters. The minimum Gasteiger partial charge on any atom is -0.494 e. The molecule has 12 heavy (non-hydrogen) atoms. The van der Waals surface area contributed by atoms with Crippen molar-refractivity contribution in [3.63, 3.8) is 0 Å². The number of hydrogen-bond acceptors (Lipinski definition) is 1. The highest BCUT2D eigenvalue weighted by Gasteiger charge is 2.15. The van der Waals surface area contributed by atoms with Crippen LogP contribution in [0.25, 0.3) is 0 Å². The van der Waals surface area contributed by atoms with Crippen LogP contribution in [0.1, 0.15) is 12.0 Å². The van der Waals surface area contributed by atoms with Gasteiger partial charge in [-0.2, -0.15) is 0 Å². The average molecular weight is 176 g/mol. The monoisotopic (exact) mass is 176 g/mol. The third-order valence-electron chi connectivity index (χ3n) is 1.45. The minimum atomic E-state index is -2.81. The Balaban J connectivity index is 3.14. The standard InChI is InChI=1S/C8H7F3O/c1-12-6-4-2-3-5(7(6)9)8(10)11/h2-4,8H,1H3. The average Bonchev–Trinajstić information content (AvgIpc) is 2.04. The van der Waals surface area contributed by atoms with Gasteiger partial charge in [0.2, 0.25) is 0 Å². The van der Waals surface area contributed by atoms with Crippen molar-refractivity contribution in [3.05, 3.63) is 29.6 Å². The summed E-state index contributed by atoms with van der Waals surface area (Å²) in [5.74, 6) is -1.15. The molecule has 0 aliphatic heterocycles. The quantitative estimate of drug-likeness (QED) is 0.673. The van der Waals surface area contributed by atoms with Gasteiger partial charge in [-0.3, -0.25) is 0 Å². The number of benzene rings is 1. The van der Waals surface area contributed by atoms with Crippen molar-refractivity contribution in [2.24, 2.45) is 0 Å². The lowest BCUT2D eigenvalue weighted by molar-refractivity contribution is 0.145. The zero-order valence-corrected chi connectivity index (χ0v) is 6.35. The summed E-state index contributed by atoms with van der Waals surface area (Å²) in [6.07, 6.45) is -2.81.